The van der Waals surface area contributed by atoms with Gasteiger partial charge in [0.25, 0.3) is 0 Å². The van der Waals surface area contributed by atoms with E-state index in [0.717, 1.165) is 10.8 Å². The number of hydrogen-bond acceptors (Lipinski definition) is 5. The van der Waals surface area contributed by atoms with Crippen molar-refractivity contribution in [1.29, 1.82) is 0 Å². The Balaban J connectivity index is 0.00000187. The smallest absolute Gasteiger partial charge is 0.406 e. The molecule has 1 aromatic heterocycles. The highest BCUT2D eigenvalue weighted by molar-refractivity contribution is 7.90. The van der Waals surface area contributed by atoms with Crippen molar-refractivity contribution in [2.45, 2.75) is 31.5 Å². The minimum Gasteiger partial charge on any atom is -0.495 e. The van der Waals surface area contributed by atoms with Gasteiger partial charge in [0.15, 0.2) is 9.84 Å². The lowest BCUT2D eigenvalue weighted by molar-refractivity contribution is -0.140. The monoisotopic (exact) mass is 481 g/mol. The van der Waals surface area contributed by atoms with Gasteiger partial charge in [0.05, 0.1) is 35.4 Å². The zero-order chi connectivity index (χ0) is 24.8. The van der Waals surface area contributed by atoms with Gasteiger partial charge in [0, 0.05) is 23.4 Å². The quantitative estimate of drug-likeness (QED) is 0.408. The van der Waals surface area contributed by atoms with Crippen molar-refractivity contribution in [1.82, 2.24) is 4.57 Å². The van der Waals surface area contributed by atoms with Crippen LogP contribution in [0.1, 0.15) is 19.5 Å². The molecular weight excluding hydrogens is 455 g/mol. The molecule has 0 aliphatic carbocycles. The molecule has 0 amide bonds. The molecule has 0 saturated heterocycles. The molecule has 3 N–H and O–H groups in total. The number of methoxy groups -OCH3 is 1. The molecule has 0 radical (unpaired) electrons. The summed E-state index contributed by atoms with van der Waals surface area (Å²) < 4.78 is 68.8. The summed E-state index contributed by atoms with van der Waals surface area (Å²) in [5, 5.41) is 3.48. The van der Waals surface area contributed by atoms with Gasteiger partial charge in [0.2, 0.25) is 0 Å². The zero-order valence-electron chi connectivity index (χ0n) is 18.7. The van der Waals surface area contributed by atoms with Crippen LogP contribution in [0.4, 0.5) is 24.5 Å². The van der Waals surface area contributed by atoms with Gasteiger partial charge in [-0.05, 0) is 36.3 Å². The number of nitrogens with one attached hydrogen (secondary N) is 1. The third-order valence-electron chi connectivity index (χ3n) is 4.50. The van der Waals surface area contributed by atoms with E-state index in [1.807, 2.05) is 13.8 Å². The first-order valence-corrected chi connectivity index (χ1v) is 11.9. The van der Waals surface area contributed by atoms with Crippen LogP contribution in [0.15, 0.2) is 47.4 Å². The van der Waals surface area contributed by atoms with Crippen LogP contribution in [0, 0.1) is 11.8 Å². The number of fused-ring (bicyclic) bond motifs is 1. The third kappa shape index (κ3) is 6.58. The second-order valence-electron chi connectivity index (χ2n) is 6.80. The lowest BCUT2D eigenvalue weighted by Crippen LogP contribution is -2.18. The minimum absolute atomic E-state index is 0.0948. The molecule has 0 atom stereocenters. The van der Waals surface area contributed by atoms with Crippen molar-refractivity contribution in [2.24, 2.45) is 0 Å². The summed E-state index contributed by atoms with van der Waals surface area (Å²) in [5.74, 6) is 5.85. The van der Waals surface area contributed by atoms with Gasteiger partial charge in [-0.3, -0.25) is 0 Å². The highest BCUT2D eigenvalue weighted by Gasteiger charge is 2.29. The van der Waals surface area contributed by atoms with E-state index in [2.05, 4.69) is 17.2 Å². The first kappa shape index (κ1) is 25.9. The third-order valence-corrected chi connectivity index (χ3v) is 5.61. The molecule has 0 fully saturated rings. The number of hydrogen-bond donors (Lipinski definition) is 2. The number of nitrogens with zero attached hydrogens (tertiary/aromatic N) is 1. The number of benzene rings is 2. The van der Waals surface area contributed by atoms with Crippen LogP contribution in [-0.4, -0.2) is 39.1 Å². The Morgan fingerprint density at radius 1 is 1.15 bits per heavy atom. The minimum atomic E-state index is -4.42. The average Bonchev–Trinajstić information content (AvgIpc) is 3.09. The largest absolute Gasteiger partial charge is 0.495 e. The average molecular weight is 482 g/mol. The lowest BCUT2D eigenvalue weighted by Gasteiger charge is -2.11. The van der Waals surface area contributed by atoms with Gasteiger partial charge in [0.1, 0.15) is 12.3 Å². The molecule has 3 rings (SSSR count). The van der Waals surface area contributed by atoms with Gasteiger partial charge in [-0.1, -0.05) is 25.8 Å². The first-order valence-electron chi connectivity index (χ1n) is 10.0. The van der Waals surface area contributed by atoms with Crippen molar-refractivity contribution in [3.05, 3.63) is 48.2 Å². The molecule has 33 heavy (non-hydrogen) atoms. The lowest BCUT2D eigenvalue weighted by atomic mass is 10.2. The van der Waals surface area contributed by atoms with E-state index in [9.17, 15) is 21.6 Å². The number of anilines is 2. The van der Waals surface area contributed by atoms with Crippen LogP contribution in [0.3, 0.4) is 0 Å². The number of nitrogen functional groups attached to an aromatic ring is 1. The Morgan fingerprint density at radius 3 is 2.45 bits per heavy atom. The molecule has 6 nitrogen and oxygen atoms in total. The van der Waals surface area contributed by atoms with E-state index < -0.39 is 22.6 Å². The molecule has 1 heterocycles. The molecule has 0 saturated carbocycles. The summed E-state index contributed by atoms with van der Waals surface area (Å²) in [6.07, 6.45) is -3.33. The van der Waals surface area contributed by atoms with Crippen LogP contribution in [0.5, 0.6) is 5.75 Å². The molecule has 10 heteroatoms. The maximum Gasteiger partial charge on any atom is 0.406 e. The number of aromatic nitrogens is 1. The number of alkyl halides is 3. The summed E-state index contributed by atoms with van der Waals surface area (Å²) in [4.78, 5) is 0.107. The summed E-state index contributed by atoms with van der Waals surface area (Å²) in [5.41, 5.74) is 7.31. The molecule has 0 unspecified atom stereocenters. The molecule has 0 spiro atoms. The topological polar surface area (TPSA) is 86.3 Å². The summed E-state index contributed by atoms with van der Waals surface area (Å²) in [7, 11) is -1.99. The van der Waals surface area contributed by atoms with Gasteiger partial charge in [-0.25, -0.2) is 8.42 Å². The summed E-state index contributed by atoms with van der Waals surface area (Å²) >= 11 is 0. The van der Waals surface area contributed by atoms with Crippen molar-refractivity contribution in [2.75, 3.05) is 31.0 Å². The van der Waals surface area contributed by atoms with E-state index >= 15 is 0 Å². The number of nitrogens with two attached hydrogens (primary N) is 1. The SMILES string of the molecule is CC.COc1cc(S(C)(=O)=O)ccc1NCC#Cc1cc2c(N)cccc2n1CC(F)(F)F. The Kier molecular flexibility index (Phi) is 8.28. The fourth-order valence-corrected chi connectivity index (χ4v) is 3.72. The maximum atomic E-state index is 13.1. The van der Waals surface area contributed by atoms with Crippen molar-refractivity contribution in [3.8, 4) is 17.6 Å². The van der Waals surface area contributed by atoms with Gasteiger partial charge < -0.3 is 20.4 Å². The van der Waals surface area contributed by atoms with E-state index in [4.69, 9.17) is 10.5 Å². The van der Waals surface area contributed by atoms with Gasteiger partial charge in [-0.15, -0.1) is 0 Å². The number of rotatable bonds is 5. The Bertz CT molecular complexity index is 1290. The van der Waals surface area contributed by atoms with E-state index in [-0.39, 0.29) is 17.1 Å². The zero-order valence-corrected chi connectivity index (χ0v) is 19.6. The predicted octanol–water partition coefficient (Wildman–Crippen LogP) is 4.69. The predicted molar refractivity (Wildman–Crippen MR) is 125 cm³/mol. The molecular formula is C23H26F3N3O3S. The highest BCUT2D eigenvalue weighted by atomic mass is 32.2. The van der Waals surface area contributed by atoms with Crippen LogP contribution in [0.2, 0.25) is 0 Å². The summed E-state index contributed by atoms with van der Waals surface area (Å²) in [6.45, 7) is 2.91. The number of halogens is 3. The maximum absolute atomic E-state index is 13.1. The second kappa shape index (κ2) is 10.5. The fourth-order valence-electron chi connectivity index (χ4n) is 3.08. The molecule has 0 aliphatic rings. The van der Waals surface area contributed by atoms with E-state index in [1.165, 1.54) is 31.4 Å². The van der Waals surface area contributed by atoms with Crippen molar-refractivity contribution in [3.63, 3.8) is 0 Å². The fraction of sp³-hybridized carbons (Fsp3) is 0.304. The Hall–Kier alpha value is -3.32. The Labute approximate surface area is 191 Å². The van der Waals surface area contributed by atoms with E-state index in [1.54, 1.807) is 18.2 Å². The molecule has 0 bridgehead atoms. The van der Waals surface area contributed by atoms with Crippen LogP contribution >= 0.6 is 0 Å². The molecule has 3 aromatic rings. The second-order valence-corrected chi connectivity index (χ2v) is 8.82. The number of ether oxygens (including phenoxy) is 1. The highest BCUT2D eigenvalue weighted by Crippen LogP contribution is 2.29. The van der Waals surface area contributed by atoms with Crippen LogP contribution in [0.25, 0.3) is 10.9 Å². The van der Waals surface area contributed by atoms with Gasteiger partial charge in [-0.2, -0.15) is 13.2 Å². The normalized spacial score (nSPS) is 11.2. The summed E-state index contributed by atoms with van der Waals surface area (Å²) in [6, 6.07) is 10.7. The Morgan fingerprint density at radius 2 is 1.85 bits per heavy atom. The molecule has 178 valence electrons. The standard InChI is InChI=1S/C21H20F3N3O3S.C2H6/c1-30-20-12-15(31(2,28)29)8-9-18(20)26-10-4-5-14-11-16-17(25)6-3-7-19(16)27(14)13-21(22,23)24;1-2/h3,6-9,11-12,26H,10,13,25H2,1-2H3;1-2H3. The van der Waals surface area contributed by atoms with Crippen molar-refractivity contribution >= 4 is 32.1 Å². The van der Waals surface area contributed by atoms with Crippen LogP contribution in [-0.2, 0) is 16.4 Å². The van der Waals surface area contributed by atoms with Crippen LogP contribution < -0.4 is 15.8 Å². The molecule has 0 aliphatic heterocycles. The first-order chi connectivity index (χ1) is 15.5. The van der Waals surface area contributed by atoms with Crippen molar-refractivity contribution < 1.29 is 26.3 Å². The molecule has 2 aromatic carbocycles. The van der Waals surface area contributed by atoms with E-state index in [0.29, 0.717) is 28.0 Å². The number of sulfone groups is 1. The van der Waals surface area contributed by atoms with Gasteiger partial charge >= 0.3 is 6.18 Å².